The molecule has 1 heterocycles. The average Bonchev–Trinajstić information content (AvgIpc) is 3.79. The van der Waals surface area contributed by atoms with Crippen LogP contribution in [0.3, 0.4) is 0 Å². The van der Waals surface area contributed by atoms with Crippen LogP contribution in [0.15, 0.2) is 109 Å². The van der Waals surface area contributed by atoms with Gasteiger partial charge in [0.05, 0.1) is 17.8 Å². The Bertz CT molecular complexity index is 2730. The minimum atomic E-state index is -4.22. The van der Waals surface area contributed by atoms with Gasteiger partial charge in [0.1, 0.15) is 24.4 Å². The zero-order valence-electron chi connectivity index (χ0n) is 48.3. The third-order valence-electron chi connectivity index (χ3n) is 14.4. The van der Waals surface area contributed by atoms with Gasteiger partial charge in [-0.15, -0.1) is 0 Å². The van der Waals surface area contributed by atoms with E-state index in [0.29, 0.717) is 56.3 Å². The third-order valence-corrected chi connectivity index (χ3v) is 15.6. The second-order valence-corrected chi connectivity index (χ2v) is 24.4. The number of likely N-dealkylation sites (N-methyl/N-ethyl adjacent to an activating group) is 2. The fourth-order valence-electron chi connectivity index (χ4n) is 9.55. The summed E-state index contributed by atoms with van der Waals surface area (Å²) in [6.07, 6.45) is 6.77. The van der Waals surface area contributed by atoms with Crippen molar-refractivity contribution >= 4 is 51.4 Å². The fraction of sp³-hybridized carbons (Fsp3) is 0.517. The standard InChI is InChI=1S/C60H87N9O10S/c1-40(2)48(68(10)58(77)53(59(4,5)6)66-57(76)52(62-9)60(7,8)45-24-16-12-17-25-45)36-41(3)54(73)67-80(78,79)39-44-30-28-43(29-31-44)38-63-55(74)46(26-19-20-34-61)65-56(75)47(37-42-22-14-11-15-23-42)64-49(70)27-18-13-21-35-69-50(71)32-33-51(69)72/h11-12,14-17,22-25,28-33,36,40,46-48,50,52-53,62,71H,13,18-21,26-27,34-35,37-39,61H2,1-10H3,(H,63,74)(H,64,70)(H,65,75)(H,66,76)(H,67,73)/b41-36+/t46-,47-,48+,50?,52+,53+/m0/s1. The smallest absolute Gasteiger partial charge is 0.260 e. The van der Waals surface area contributed by atoms with E-state index in [0.717, 1.165) is 11.1 Å². The normalized spacial score (nSPS) is 15.8. The van der Waals surface area contributed by atoms with Crippen LogP contribution in [0.4, 0.5) is 0 Å². The number of unbranched alkanes of at least 4 members (excludes halogenated alkanes) is 3. The van der Waals surface area contributed by atoms with Gasteiger partial charge in [-0.05, 0) is 92.3 Å². The topological polar surface area (TPSA) is 279 Å². The Morgan fingerprint density at radius 2 is 1.39 bits per heavy atom. The number of hydrogen-bond acceptors (Lipinski definition) is 12. The number of benzene rings is 3. The highest BCUT2D eigenvalue weighted by atomic mass is 32.2. The number of carbonyl (C=O) groups excluding carboxylic acids is 7. The molecular formula is C60H87N9O10S. The number of sulfonamides is 1. The van der Waals surface area contributed by atoms with Gasteiger partial charge < -0.3 is 47.2 Å². The van der Waals surface area contributed by atoms with E-state index in [-0.39, 0.29) is 60.9 Å². The molecule has 3 aromatic rings. The second kappa shape index (κ2) is 30.7. The maximum Gasteiger partial charge on any atom is 0.260 e. The van der Waals surface area contributed by atoms with Crippen molar-refractivity contribution in [3.63, 3.8) is 0 Å². The number of nitrogens with two attached hydrogens (primary N) is 1. The van der Waals surface area contributed by atoms with E-state index in [1.165, 1.54) is 28.9 Å². The van der Waals surface area contributed by atoms with Crippen LogP contribution in [0.2, 0.25) is 0 Å². The summed E-state index contributed by atoms with van der Waals surface area (Å²) in [5, 5.41) is 24.7. The average molecular weight is 1130 g/mol. The Kier molecular flexibility index (Phi) is 25.3. The summed E-state index contributed by atoms with van der Waals surface area (Å²) in [6.45, 7) is 15.5. The summed E-state index contributed by atoms with van der Waals surface area (Å²) < 4.78 is 29.0. The summed E-state index contributed by atoms with van der Waals surface area (Å²) in [5.74, 6) is -3.96. The molecule has 19 nitrogen and oxygen atoms in total. The molecule has 4 rings (SSSR count). The second-order valence-electron chi connectivity index (χ2n) is 22.6. The van der Waals surface area contributed by atoms with Crippen LogP contribution in [-0.2, 0) is 67.7 Å². The van der Waals surface area contributed by atoms with Crippen LogP contribution in [0.25, 0.3) is 0 Å². The quantitative estimate of drug-likeness (QED) is 0.0329. The van der Waals surface area contributed by atoms with Crippen LogP contribution in [0.1, 0.15) is 123 Å². The molecule has 80 heavy (non-hydrogen) atoms. The summed E-state index contributed by atoms with van der Waals surface area (Å²) in [5.41, 5.74) is 7.22. The van der Waals surface area contributed by atoms with Gasteiger partial charge in [0.25, 0.3) is 5.91 Å². The van der Waals surface area contributed by atoms with E-state index < -0.39 is 80.8 Å². The number of amides is 7. The maximum absolute atomic E-state index is 14.4. The first kappa shape index (κ1) is 65.8. The first-order chi connectivity index (χ1) is 37.7. The molecule has 0 saturated heterocycles. The first-order valence-electron chi connectivity index (χ1n) is 27.6. The molecule has 0 radical (unpaired) electrons. The lowest BCUT2D eigenvalue weighted by Gasteiger charge is -2.40. The number of hydrogen-bond donors (Lipinski definition) is 8. The molecule has 0 aromatic heterocycles. The molecular weight excluding hydrogens is 1040 g/mol. The monoisotopic (exact) mass is 1130 g/mol. The van der Waals surface area contributed by atoms with Gasteiger partial charge in [-0.2, -0.15) is 0 Å². The Hall–Kier alpha value is -6.74. The van der Waals surface area contributed by atoms with Crippen LogP contribution >= 0.6 is 0 Å². The Balaban J connectivity index is 1.36. The summed E-state index contributed by atoms with van der Waals surface area (Å²) >= 11 is 0. The van der Waals surface area contributed by atoms with Crippen LogP contribution in [-0.4, -0.2) is 128 Å². The number of aliphatic hydroxyl groups is 1. The maximum atomic E-state index is 14.4. The van der Waals surface area contributed by atoms with Gasteiger partial charge in [0.15, 0.2) is 0 Å². The first-order valence-corrected chi connectivity index (χ1v) is 29.2. The molecule has 6 atom stereocenters. The van der Waals surface area contributed by atoms with Crippen molar-refractivity contribution in [1.29, 1.82) is 0 Å². The summed E-state index contributed by atoms with van der Waals surface area (Å²) in [4.78, 5) is 97.5. The minimum Gasteiger partial charge on any atom is -0.370 e. The van der Waals surface area contributed by atoms with Crippen LogP contribution in [0.5, 0.6) is 0 Å². The van der Waals surface area contributed by atoms with E-state index in [1.807, 2.05) is 109 Å². The van der Waals surface area contributed by atoms with Crippen molar-refractivity contribution in [2.45, 2.75) is 161 Å². The van der Waals surface area contributed by atoms with Gasteiger partial charge in [-0.25, -0.2) is 13.1 Å². The zero-order chi connectivity index (χ0) is 59.4. The highest BCUT2D eigenvalue weighted by molar-refractivity contribution is 7.89. The Morgan fingerprint density at radius 3 is 1.96 bits per heavy atom. The van der Waals surface area contributed by atoms with Crippen molar-refractivity contribution in [1.82, 2.24) is 41.1 Å². The number of aliphatic hydroxyl groups excluding tert-OH is 1. The molecule has 0 bridgehead atoms. The van der Waals surface area contributed by atoms with Crippen molar-refractivity contribution in [2.75, 3.05) is 27.2 Å². The molecule has 0 saturated carbocycles. The largest absolute Gasteiger partial charge is 0.370 e. The van der Waals surface area contributed by atoms with Gasteiger partial charge >= 0.3 is 0 Å². The van der Waals surface area contributed by atoms with Gasteiger partial charge in [0.2, 0.25) is 45.5 Å². The van der Waals surface area contributed by atoms with Gasteiger partial charge in [-0.1, -0.05) is 146 Å². The number of carbonyl (C=O) groups is 7. The summed E-state index contributed by atoms with van der Waals surface area (Å²) in [6, 6.07) is 21.0. The number of nitrogens with one attached hydrogen (secondary N) is 6. The lowest BCUT2D eigenvalue weighted by atomic mass is 9.76. The molecule has 1 unspecified atom stereocenters. The van der Waals surface area contributed by atoms with Gasteiger partial charge in [-0.3, -0.25) is 33.6 Å². The van der Waals surface area contributed by atoms with Crippen molar-refractivity contribution in [3.05, 3.63) is 131 Å². The molecule has 0 spiro atoms. The summed E-state index contributed by atoms with van der Waals surface area (Å²) in [7, 11) is -0.920. The lowest BCUT2D eigenvalue weighted by Crippen LogP contribution is -2.61. The fourth-order valence-corrected chi connectivity index (χ4v) is 10.7. The zero-order valence-corrected chi connectivity index (χ0v) is 49.2. The van der Waals surface area contributed by atoms with E-state index in [2.05, 4.69) is 31.3 Å². The molecule has 0 aliphatic carbocycles. The molecule has 3 aromatic carbocycles. The number of nitrogens with zero attached hydrogens (tertiary/aromatic N) is 2. The molecule has 9 N–H and O–H groups in total. The van der Waals surface area contributed by atoms with Crippen LogP contribution < -0.4 is 37.0 Å². The predicted octanol–water partition coefficient (Wildman–Crippen LogP) is 4.39. The lowest BCUT2D eigenvalue weighted by molar-refractivity contribution is -0.141. The van der Waals surface area contributed by atoms with Gasteiger partial charge in [0, 0.05) is 50.0 Å². The minimum absolute atomic E-state index is 0.0428. The molecule has 0 fully saturated rings. The van der Waals surface area contributed by atoms with Crippen molar-refractivity contribution in [2.24, 2.45) is 17.1 Å². The molecule has 20 heteroatoms. The van der Waals surface area contributed by atoms with E-state index in [9.17, 15) is 47.1 Å². The third kappa shape index (κ3) is 20.1. The highest BCUT2D eigenvalue weighted by Crippen LogP contribution is 2.29. The molecule has 7 amide bonds. The predicted molar refractivity (Wildman–Crippen MR) is 310 cm³/mol. The highest BCUT2D eigenvalue weighted by Gasteiger charge is 2.42. The van der Waals surface area contributed by atoms with E-state index >= 15 is 0 Å². The number of rotatable bonds is 31. The van der Waals surface area contributed by atoms with E-state index in [1.54, 1.807) is 44.4 Å². The Labute approximate surface area is 473 Å². The molecule has 1 aliphatic rings. The van der Waals surface area contributed by atoms with E-state index in [4.69, 9.17) is 5.73 Å². The SMILES string of the molecule is CN[C@H](C(=O)N[C@H](C(=O)N(C)[C@H](/C=C(\C)C(=O)NS(=O)(=O)Cc1ccc(CNC(=O)[C@H](CCCCN)NC(=O)[C@H](Cc2ccccc2)NC(=O)CCCCCN2C(=O)C=CC2O)cc1)C(C)C)C(C)(C)C)C(C)(C)c1ccccc1. The van der Waals surface area contributed by atoms with Crippen molar-refractivity contribution < 1.29 is 47.1 Å². The Morgan fingerprint density at radius 1 is 0.762 bits per heavy atom. The molecule has 438 valence electrons. The molecule has 1 aliphatic heterocycles. The van der Waals surface area contributed by atoms with Crippen molar-refractivity contribution in [3.8, 4) is 0 Å². The van der Waals surface area contributed by atoms with Crippen LogP contribution in [0, 0.1) is 11.3 Å².